The molecule has 0 amide bonds. The normalized spacial score (nSPS) is 15.3. The van der Waals surface area contributed by atoms with Crippen LogP contribution in [0.4, 0.5) is 5.95 Å². The van der Waals surface area contributed by atoms with Crippen LogP contribution in [-0.4, -0.2) is 45.7 Å². The fourth-order valence-electron chi connectivity index (χ4n) is 2.84. The standard InChI is InChI=1S/C18H17N9O2/c28-15-13(23-18(29)25-15)6-11-9-21-27-14(11)24-16(26-17(27)22-12-3-4-12)20-8-10-2-1-5-19-7-10/h1-2,5-7,9,12,28H,3-4,8H2,(H,20,22,26)(H2,23,25,29)/b11-6+. The van der Waals surface area contributed by atoms with Gasteiger partial charge in [-0.2, -0.15) is 19.6 Å². The van der Waals surface area contributed by atoms with Gasteiger partial charge in [0.25, 0.3) is 5.62 Å². The number of nitrogens with one attached hydrogen (secondary N) is 3. The number of anilines is 1. The van der Waals surface area contributed by atoms with E-state index in [1.165, 1.54) is 0 Å². The van der Waals surface area contributed by atoms with Gasteiger partial charge in [0.15, 0.2) is 5.65 Å². The first-order valence-corrected chi connectivity index (χ1v) is 9.11. The molecule has 5 rings (SSSR count). The quantitative estimate of drug-likeness (QED) is 0.357. The Labute approximate surface area is 162 Å². The lowest BCUT2D eigenvalue weighted by molar-refractivity contribution is 0.454. The van der Waals surface area contributed by atoms with Gasteiger partial charge in [0.1, 0.15) is 5.69 Å². The van der Waals surface area contributed by atoms with E-state index in [4.69, 9.17) is 0 Å². The van der Waals surface area contributed by atoms with Gasteiger partial charge in [-0.1, -0.05) is 6.07 Å². The van der Waals surface area contributed by atoms with Gasteiger partial charge in [-0.05, 0) is 30.5 Å². The predicted octanol–water partition coefficient (Wildman–Crippen LogP) is -0.536. The molecule has 29 heavy (non-hydrogen) atoms. The van der Waals surface area contributed by atoms with Crippen LogP contribution in [0.25, 0.3) is 11.7 Å². The Morgan fingerprint density at radius 2 is 2.21 bits per heavy atom. The van der Waals surface area contributed by atoms with E-state index in [0.29, 0.717) is 29.0 Å². The topological polar surface area (TPSA) is 149 Å². The van der Waals surface area contributed by atoms with E-state index in [2.05, 4.69) is 40.3 Å². The van der Waals surface area contributed by atoms with Crippen LogP contribution in [0.2, 0.25) is 0 Å². The van der Waals surface area contributed by atoms with E-state index in [1.54, 1.807) is 29.2 Å². The molecule has 0 radical (unpaired) electrons. The highest BCUT2D eigenvalue weighted by molar-refractivity contribution is 5.57. The number of aromatic nitrogens is 7. The summed E-state index contributed by atoms with van der Waals surface area (Å²) in [5.74, 6) is 0.156. The maximum absolute atomic E-state index is 11.4. The first-order valence-electron chi connectivity index (χ1n) is 9.11. The summed E-state index contributed by atoms with van der Waals surface area (Å²) in [4.78, 5) is 34.0. The number of pyridine rings is 1. The van der Waals surface area contributed by atoms with E-state index in [9.17, 15) is 9.90 Å². The Hall–Kier alpha value is -4.02. The molecular formula is C18H17N9O2. The maximum atomic E-state index is 11.4. The van der Waals surface area contributed by atoms with Gasteiger partial charge in [-0.25, -0.2) is 9.79 Å². The molecule has 0 saturated heterocycles. The van der Waals surface area contributed by atoms with Gasteiger partial charge in [-0.3, -0.25) is 9.97 Å². The lowest BCUT2D eigenvalue weighted by Gasteiger charge is -2.05. The Kier molecular flexibility index (Phi) is 4.04. The molecule has 0 bridgehead atoms. The second-order valence-corrected chi connectivity index (χ2v) is 6.74. The van der Waals surface area contributed by atoms with E-state index in [-0.39, 0.29) is 17.6 Å². The van der Waals surface area contributed by atoms with Crippen molar-refractivity contribution >= 4 is 17.7 Å². The van der Waals surface area contributed by atoms with Gasteiger partial charge in [-0.15, -0.1) is 0 Å². The number of hydrogen-bond acceptors (Lipinski definition) is 8. The summed E-state index contributed by atoms with van der Waals surface area (Å²) in [6.07, 6.45) is 8.73. The lowest BCUT2D eigenvalue weighted by atomic mass is 10.3. The Bertz CT molecular complexity index is 1350. The molecule has 0 aliphatic heterocycles. The van der Waals surface area contributed by atoms with Crippen molar-refractivity contribution in [1.82, 2.24) is 34.5 Å². The molecule has 0 unspecified atom stereocenters. The largest absolute Gasteiger partial charge is 0.493 e. The first-order chi connectivity index (χ1) is 14.2. The highest BCUT2D eigenvalue weighted by Gasteiger charge is 2.21. The molecule has 1 fully saturated rings. The van der Waals surface area contributed by atoms with Crippen LogP contribution in [0.5, 0.6) is 5.88 Å². The molecule has 4 aromatic rings. The van der Waals surface area contributed by atoms with E-state index in [1.807, 2.05) is 12.1 Å². The number of rotatable bonds is 5. The summed E-state index contributed by atoms with van der Waals surface area (Å²) < 4.78 is 1.56. The molecule has 146 valence electrons. The molecule has 4 heterocycles. The number of H-pyrrole nitrogens is 2. The molecule has 1 aliphatic rings. The number of aromatic amines is 2. The third kappa shape index (κ3) is 3.57. The van der Waals surface area contributed by atoms with Crippen molar-refractivity contribution in [2.24, 2.45) is 4.99 Å². The van der Waals surface area contributed by atoms with E-state index in [0.717, 1.165) is 18.4 Å². The molecule has 4 N–H and O–H groups in total. The van der Waals surface area contributed by atoms with Gasteiger partial charge in [0.05, 0.1) is 12.2 Å². The first kappa shape index (κ1) is 17.1. The molecule has 0 aromatic carbocycles. The number of fused-ring (bicyclic) bond motifs is 1. The molecule has 11 heteroatoms. The van der Waals surface area contributed by atoms with Crippen LogP contribution in [0.3, 0.4) is 0 Å². The summed E-state index contributed by atoms with van der Waals surface area (Å²) in [6.45, 7) is 0.506. The minimum absolute atomic E-state index is 0.245. The minimum atomic E-state index is -0.497. The van der Waals surface area contributed by atoms with Crippen molar-refractivity contribution in [1.29, 1.82) is 0 Å². The summed E-state index contributed by atoms with van der Waals surface area (Å²) in [5, 5.41) is 18.0. The van der Waals surface area contributed by atoms with Crippen molar-refractivity contribution in [2.45, 2.75) is 25.4 Å². The molecule has 4 aromatic heterocycles. The molecule has 1 saturated carbocycles. The Morgan fingerprint density at radius 3 is 2.93 bits per heavy atom. The smallest absolute Gasteiger partial charge is 0.326 e. The number of hydrogen-bond donors (Lipinski definition) is 4. The van der Waals surface area contributed by atoms with Gasteiger partial charge >= 0.3 is 5.69 Å². The van der Waals surface area contributed by atoms with E-state index < -0.39 is 5.69 Å². The van der Waals surface area contributed by atoms with Crippen LogP contribution in [-0.2, 0) is 6.54 Å². The van der Waals surface area contributed by atoms with Gasteiger partial charge in [0.2, 0.25) is 11.8 Å². The fourth-order valence-corrected chi connectivity index (χ4v) is 2.84. The second-order valence-electron chi connectivity index (χ2n) is 6.74. The van der Waals surface area contributed by atoms with Gasteiger partial charge < -0.3 is 15.4 Å². The second kappa shape index (κ2) is 6.86. The van der Waals surface area contributed by atoms with Crippen LogP contribution < -0.4 is 21.8 Å². The lowest BCUT2D eigenvalue weighted by Crippen LogP contribution is -2.24. The zero-order valence-electron chi connectivity index (χ0n) is 15.2. The van der Waals surface area contributed by atoms with E-state index >= 15 is 0 Å². The van der Waals surface area contributed by atoms with Crippen molar-refractivity contribution in [3.05, 3.63) is 63.3 Å². The molecule has 0 atom stereocenters. The Morgan fingerprint density at radius 1 is 1.31 bits per heavy atom. The van der Waals surface area contributed by atoms with Crippen molar-refractivity contribution in [3.8, 4) is 5.88 Å². The minimum Gasteiger partial charge on any atom is -0.493 e. The summed E-state index contributed by atoms with van der Waals surface area (Å²) >= 11 is 0. The average molecular weight is 391 g/mol. The zero-order chi connectivity index (χ0) is 19.8. The highest BCUT2D eigenvalue weighted by atomic mass is 16.3. The third-order valence-electron chi connectivity index (χ3n) is 4.43. The van der Waals surface area contributed by atoms with Crippen LogP contribution in [0.15, 0.2) is 40.5 Å². The van der Waals surface area contributed by atoms with Crippen molar-refractivity contribution in [3.63, 3.8) is 0 Å². The summed E-state index contributed by atoms with van der Waals surface area (Å²) in [7, 11) is 0. The Balaban J connectivity index is 1.61. The molecule has 1 aliphatic carbocycles. The zero-order valence-corrected chi connectivity index (χ0v) is 15.2. The van der Waals surface area contributed by atoms with Gasteiger partial charge in [0, 0.05) is 24.2 Å². The molecule has 0 spiro atoms. The predicted molar refractivity (Wildman–Crippen MR) is 103 cm³/mol. The third-order valence-corrected chi connectivity index (χ3v) is 4.43. The monoisotopic (exact) mass is 391 g/mol. The number of nitrogens with zero attached hydrogens (tertiary/aromatic N) is 6. The number of imidazole rings is 1. The van der Waals surface area contributed by atoms with Crippen molar-refractivity contribution < 1.29 is 5.11 Å². The van der Waals surface area contributed by atoms with Crippen LogP contribution in [0.1, 0.15) is 24.1 Å². The number of aromatic hydroxyl groups is 1. The fraction of sp³-hybridized carbons (Fsp3) is 0.222. The SMILES string of the molecule is O=c1[nH]c(O)c(/C=c2\cnn3c(=NC4CC4)nc(NCc4cccnc4)nc23)[nH]1. The van der Waals surface area contributed by atoms with Crippen LogP contribution in [0, 0.1) is 0 Å². The summed E-state index contributed by atoms with van der Waals surface area (Å²) in [6, 6.07) is 4.07. The molecule has 11 nitrogen and oxygen atoms in total. The summed E-state index contributed by atoms with van der Waals surface area (Å²) in [5.41, 5.74) is 1.70. The average Bonchev–Trinajstić information content (AvgIpc) is 3.36. The van der Waals surface area contributed by atoms with Crippen LogP contribution >= 0.6 is 0 Å². The molecular weight excluding hydrogens is 374 g/mol. The highest BCUT2D eigenvalue weighted by Crippen LogP contribution is 2.22. The maximum Gasteiger partial charge on any atom is 0.326 e. The van der Waals surface area contributed by atoms with Crippen molar-refractivity contribution in [2.75, 3.05) is 5.32 Å².